The van der Waals surface area contributed by atoms with Crippen LogP contribution < -0.4 is 30.8 Å². The van der Waals surface area contributed by atoms with E-state index in [1.807, 2.05) is 0 Å². The molecule has 250 valence electrons. The smallest absolute Gasteiger partial charge is 0.260 e. The van der Waals surface area contributed by atoms with Crippen molar-refractivity contribution in [3.63, 3.8) is 0 Å². The second kappa shape index (κ2) is 11.4. The van der Waals surface area contributed by atoms with Crippen molar-refractivity contribution in [1.29, 1.82) is 0 Å². The van der Waals surface area contributed by atoms with Gasteiger partial charge in [0.2, 0.25) is 0 Å². The van der Waals surface area contributed by atoms with E-state index in [1.165, 1.54) is 16.5 Å². The molecule has 0 fully saturated rings. The number of rotatable bonds is 4. The molecule has 0 unspecified atom stereocenters. The normalized spacial score (nSPS) is 12.6. The molecule has 0 amide bonds. The van der Waals surface area contributed by atoms with Crippen LogP contribution in [0.25, 0.3) is 38.3 Å². The summed E-state index contributed by atoms with van der Waals surface area (Å²) >= 11 is 0. The van der Waals surface area contributed by atoms with Gasteiger partial charge < -0.3 is 18.9 Å². The Bertz CT molecular complexity index is 2860. The molecular formula is C48H33BN2O2. The van der Waals surface area contributed by atoms with Crippen LogP contribution in [-0.4, -0.2) is 11.3 Å². The van der Waals surface area contributed by atoms with Gasteiger partial charge in [-0.25, -0.2) is 0 Å². The summed E-state index contributed by atoms with van der Waals surface area (Å²) in [6.07, 6.45) is 0. The summed E-state index contributed by atoms with van der Waals surface area (Å²) < 4.78 is 16.3. The lowest BCUT2D eigenvalue weighted by Crippen LogP contribution is -2.57. The molecule has 4 nitrogen and oxygen atoms in total. The van der Waals surface area contributed by atoms with E-state index in [9.17, 15) is 0 Å². The van der Waals surface area contributed by atoms with Gasteiger partial charge in [-0.05, 0) is 90.8 Å². The summed E-state index contributed by atoms with van der Waals surface area (Å²) in [5.41, 5.74) is 12.3. The number of aryl methyl sites for hydroxylation is 2. The van der Waals surface area contributed by atoms with Gasteiger partial charge in [0.1, 0.15) is 17.2 Å². The third-order valence-electron chi connectivity index (χ3n) is 11.0. The summed E-state index contributed by atoms with van der Waals surface area (Å²) in [4.78, 5) is 2.39. The predicted octanol–water partition coefficient (Wildman–Crippen LogP) is 10.8. The van der Waals surface area contributed by atoms with Crippen molar-refractivity contribution in [3.05, 3.63) is 175 Å². The maximum Gasteiger partial charge on any atom is 0.260 e. The zero-order chi connectivity index (χ0) is 35.2. The van der Waals surface area contributed by atoms with Crippen molar-refractivity contribution in [3.8, 4) is 28.7 Å². The van der Waals surface area contributed by atoms with Crippen LogP contribution in [0.5, 0.6) is 23.0 Å². The topological polar surface area (TPSA) is 26.6 Å². The maximum absolute atomic E-state index is 7.08. The van der Waals surface area contributed by atoms with E-state index >= 15 is 0 Å². The van der Waals surface area contributed by atoms with Crippen molar-refractivity contribution in [2.24, 2.45) is 0 Å². The summed E-state index contributed by atoms with van der Waals surface area (Å²) in [6, 6.07) is 58.7. The average Bonchev–Trinajstić information content (AvgIpc) is 3.53. The van der Waals surface area contributed by atoms with E-state index in [1.54, 1.807) is 0 Å². The van der Waals surface area contributed by atoms with E-state index in [4.69, 9.17) is 9.47 Å². The molecule has 2 aliphatic rings. The first kappa shape index (κ1) is 30.0. The minimum Gasteiger partial charge on any atom is -0.458 e. The van der Waals surface area contributed by atoms with Gasteiger partial charge in [0.15, 0.2) is 5.75 Å². The minimum absolute atomic E-state index is 0.0209. The molecule has 3 heterocycles. The Morgan fingerprint density at radius 3 is 1.74 bits per heavy atom. The molecule has 0 N–H and O–H groups in total. The molecule has 0 aliphatic carbocycles. The standard InChI is InChI=1S/C48H33BN2O2/c1-30-20-24-33(25-21-30)50(34-26-22-31(2)23-27-34)40-29-41-45(36-15-7-6-14-35(36)40)37-28-44-46-48(47(37)51(41)32-12-4-3-5-13-32)53-43-19-11-9-17-39(43)49(46)38-16-8-10-18-42(38)52-44/h3-29H,1-2H3. The maximum atomic E-state index is 7.08. The first-order valence-electron chi connectivity index (χ1n) is 18.2. The highest BCUT2D eigenvalue weighted by molar-refractivity contribution is 6.98. The lowest BCUT2D eigenvalue weighted by atomic mass is 9.35. The lowest BCUT2D eigenvalue weighted by molar-refractivity contribution is 0.467. The largest absolute Gasteiger partial charge is 0.458 e. The first-order chi connectivity index (χ1) is 26.1. The number of hydrogen-bond acceptors (Lipinski definition) is 3. The molecule has 5 heteroatoms. The predicted molar refractivity (Wildman–Crippen MR) is 220 cm³/mol. The fourth-order valence-electron chi connectivity index (χ4n) is 8.61. The molecule has 2 aliphatic heterocycles. The van der Waals surface area contributed by atoms with Gasteiger partial charge in [-0.2, -0.15) is 0 Å². The Kier molecular flexibility index (Phi) is 6.44. The zero-order valence-electron chi connectivity index (χ0n) is 29.4. The van der Waals surface area contributed by atoms with Crippen LogP contribution >= 0.6 is 0 Å². The Morgan fingerprint density at radius 1 is 0.509 bits per heavy atom. The van der Waals surface area contributed by atoms with Crippen LogP contribution in [-0.2, 0) is 0 Å². The Morgan fingerprint density at radius 2 is 1.08 bits per heavy atom. The third-order valence-corrected chi connectivity index (χ3v) is 11.0. The van der Waals surface area contributed by atoms with Crippen molar-refractivity contribution in [2.75, 3.05) is 4.90 Å². The molecule has 0 saturated heterocycles. The molecule has 0 radical (unpaired) electrons. The fraction of sp³-hybridized carbons (Fsp3) is 0.0417. The summed E-state index contributed by atoms with van der Waals surface area (Å²) in [5.74, 6) is 3.44. The van der Waals surface area contributed by atoms with E-state index in [0.29, 0.717) is 0 Å². The van der Waals surface area contributed by atoms with Gasteiger partial charge in [-0.3, -0.25) is 0 Å². The third kappa shape index (κ3) is 4.44. The van der Waals surface area contributed by atoms with Crippen molar-refractivity contribution >= 4 is 72.7 Å². The van der Waals surface area contributed by atoms with Crippen molar-refractivity contribution in [1.82, 2.24) is 4.57 Å². The summed E-state index contributed by atoms with van der Waals surface area (Å²) in [6.45, 7) is 4.25. The highest BCUT2D eigenvalue weighted by Gasteiger charge is 2.42. The van der Waals surface area contributed by atoms with Gasteiger partial charge in [-0.15, -0.1) is 0 Å². The molecule has 1 aromatic heterocycles. The van der Waals surface area contributed by atoms with E-state index in [2.05, 4.69) is 187 Å². The molecule has 8 aromatic carbocycles. The number of ether oxygens (including phenoxy) is 2. The Balaban J connectivity index is 1.30. The molecule has 9 aromatic rings. The molecule has 53 heavy (non-hydrogen) atoms. The highest BCUT2D eigenvalue weighted by Crippen LogP contribution is 2.49. The van der Waals surface area contributed by atoms with E-state index < -0.39 is 0 Å². The Labute approximate surface area is 308 Å². The van der Waals surface area contributed by atoms with Crippen LogP contribution in [0.15, 0.2) is 164 Å². The number of benzene rings is 8. The Hall–Kier alpha value is -6.72. The average molecular weight is 681 g/mol. The van der Waals surface area contributed by atoms with Crippen LogP contribution in [0, 0.1) is 13.8 Å². The molecule has 11 rings (SSSR count). The van der Waals surface area contributed by atoms with Crippen LogP contribution in [0.4, 0.5) is 17.1 Å². The number of hydrogen-bond donors (Lipinski definition) is 0. The van der Waals surface area contributed by atoms with Gasteiger partial charge in [-0.1, -0.05) is 114 Å². The lowest BCUT2D eigenvalue weighted by Gasteiger charge is -2.33. The SMILES string of the molecule is Cc1ccc(N(c2ccc(C)cc2)c2cc3c(c4ccccc24)c2cc4c5c(c2n3-c2ccccc2)Oc2ccccc2B5c2ccccc2O4)cc1. The summed E-state index contributed by atoms with van der Waals surface area (Å²) in [5, 5.41) is 4.58. The summed E-state index contributed by atoms with van der Waals surface area (Å²) in [7, 11) is 0. The van der Waals surface area contributed by atoms with E-state index in [-0.39, 0.29) is 6.71 Å². The van der Waals surface area contributed by atoms with Crippen LogP contribution in [0.2, 0.25) is 0 Å². The monoisotopic (exact) mass is 680 g/mol. The van der Waals surface area contributed by atoms with E-state index in [0.717, 1.165) is 89.3 Å². The molecular weight excluding hydrogens is 647 g/mol. The number of aromatic nitrogens is 1. The van der Waals surface area contributed by atoms with Gasteiger partial charge in [0, 0.05) is 38.7 Å². The van der Waals surface area contributed by atoms with Crippen LogP contribution in [0.1, 0.15) is 11.1 Å². The highest BCUT2D eigenvalue weighted by atomic mass is 16.5. The quantitative estimate of drug-likeness (QED) is 0.173. The van der Waals surface area contributed by atoms with Crippen molar-refractivity contribution in [2.45, 2.75) is 13.8 Å². The molecule has 0 atom stereocenters. The molecule has 0 saturated carbocycles. The second-order valence-electron chi connectivity index (χ2n) is 14.2. The van der Waals surface area contributed by atoms with Crippen LogP contribution in [0.3, 0.4) is 0 Å². The number of nitrogens with zero attached hydrogens (tertiary/aromatic N) is 2. The molecule has 0 bridgehead atoms. The van der Waals surface area contributed by atoms with Gasteiger partial charge in [0.05, 0.1) is 16.7 Å². The number of para-hydroxylation sites is 3. The second-order valence-corrected chi connectivity index (χ2v) is 14.2. The fourth-order valence-corrected chi connectivity index (χ4v) is 8.61. The number of anilines is 3. The van der Waals surface area contributed by atoms with Gasteiger partial charge in [0.25, 0.3) is 6.71 Å². The van der Waals surface area contributed by atoms with Gasteiger partial charge >= 0.3 is 0 Å². The minimum atomic E-state index is -0.0209. The number of fused-ring (bicyclic) bond motifs is 10. The van der Waals surface area contributed by atoms with Crippen molar-refractivity contribution < 1.29 is 9.47 Å². The molecule has 0 spiro atoms. The first-order valence-corrected chi connectivity index (χ1v) is 18.2. The zero-order valence-corrected chi connectivity index (χ0v) is 29.4.